The van der Waals surface area contributed by atoms with E-state index in [4.69, 9.17) is 16.3 Å². The minimum atomic E-state index is -0.481. The molecule has 1 saturated heterocycles. The lowest BCUT2D eigenvalue weighted by Crippen LogP contribution is -2.37. The maximum atomic E-state index is 12.5. The fourth-order valence-electron chi connectivity index (χ4n) is 3.02. The maximum absolute atomic E-state index is 12.5. The molecule has 1 fully saturated rings. The van der Waals surface area contributed by atoms with E-state index >= 15 is 0 Å². The summed E-state index contributed by atoms with van der Waals surface area (Å²) in [6.07, 6.45) is 4.49. The third-order valence-corrected chi connectivity index (χ3v) is 4.54. The molecular weight excluding hydrogens is 336 g/mol. The van der Waals surface area contributed by atoms with Gasteiger partial charge in [0.2, 0.25) is 0 Å². The van der Waals surface area contributed by atoms with E-state index < -0.39 is 5.60 Å². The standard InChI is InChI=1S/C20H31ClN2O2/c1-20(2,3)25-19(24)23(16-17-8-10-18(21)11-9-17)15-7-6-14-22-12-4-5-13-22/h8-11H,4-7,12-16H2,1-3H3. The van der Waals surface area contributed by atoms with Crippen LogP contribution in [-0.2, 0) is 11.3 Å². The fourth-order valence-corrected chi connectivity index (χ4v) is 3.14. The van der Waals surface area contributed by atoms with E-state index in [0.717, 1.165) is 24.9 Å². The number of carbonyl (C=O) groups is 1. The summed E-state index contributed by atoms with van der Waals surface area (Å²) in [5, 5.41) is 0.707. The summed E-state index contributed by atoms with van der Waals surface area (Å²) in [6, 6.07) is 7.64. The van der Waals surface area contributed by atoms with Crippen molar-refractivity contribution >= 4 is 17.7 Å². The number of nitrogens with zero attached hydrogens (tertiary/aromatic N) is 2. The van der Waals surface area contributed by atoms with Crippen LogP contribution in [0.1, 0.15) is 52.0 Å². The topological polar surface area (TPSA) is 32.8 Å². The molecule has 0 saturated carbocycles. The van der Waals surface area contributed by atoms with Crippen molar-refractivity contribution in [2.24, 2.45) is 0 Å². The van der Waals surface area contributed by atoms with Crippen LogP contribution in [0.15, 0.2) is 24.3 Å². The lowest BCUT2D eigenvalue weighted by atomic mass is 10.2. The van der Waals surface area contributed by atoms with Crippen molar-refractivity contribution in [3.8, 4) is 0 Å². The van der Waals surface area contributed by atoms with Crippen molar-refractivity contribution in [1.82, 2.24) is 9.80 Å². The minimum absolute atomic E-state index is 0.247. The summed E-state index contributed by atoms with van der Waals surface area (Å²) in [6.45, 7) is 10.5. The lowest BCUT2D eigenvalue weighted by molar-refractivity contribution is 0.0229. The number of likely N-dealkylation sites (tertiary alicyclic amines) is 1. The second kappa shape index (κ2) is 9.44. The van der Waals surface area contributed by atoms with Gasteiger partial charge in [0, 0.05) is 18.1 Å². The van der Waals surface area contributed by atoms with Crippen LogP contribution in [0.5, 0.6) is 0 Å². The Labute approximate surface area is 157 Å². The molecule has 0 aliphatic carbocycles. The van der Waals surface area contributed by atoms with Crippen molar-refractivity contribution in [2.45, 2.75) is 58.6 Å². The zero-order valence-electron chi connectivity index (χ0n) is 15.8. The third-order valence-electron chi connectivity index (χ3n) is 4.29. The molecule has 25 heavy (non-hydrogen) atoms. The Hall–Kier alpha value is -1.26. The first-order valence-corrected chi connectivity index (χ1v) is 9.66. The quantitative estimate of drug-likeness (QED) is 0.640. The van der Waals surface area contributed by atoms with Gasteiger partial charge < -0.3 is 14.5 Å². The Morgan fingerprint density at radius 1 is 1.16 bits per heavy atom. The first kappa shape index (κ1) is 20.1. The molecule has 1 aliphatic rings. The molecule has 0 atom stereocenters. The van der Waals surface area contributed by atoms with Crippen molar-refractivity contribution in [3.63, 3.8) is 0 Å². The number of ether oxygens (including phenoxy) is 1. The number of rotatable bonds is 7. The highest BCUT2D eigenvalue weighted by molar-refractivity contribution is 6.30. The molecule has 5 heteroatoms. The van der Waals surface area contributed by atoms with Crippen LogP contribution in [0.4, 0.5) is 4.79 Å². The van der Waals surface area contributed by atoms with Gasteiger partial charge >= 0.3 is 6.09 Å². The number of benzene rings is 1. The van der Waals surface area contributed by atoms with Crippen molar-refractivity contribution < 1.29 is 9.53 Å². The number of carbonyl (C=O) groups excluding carboxylic acids is 1. The molecule has 4 nitrogen and oxygen atoms in total. The molecule has 1 aliphatic heterocycles. The van der Waals surface area contributed by atoms with Crippen LogP contribution >= 0.6 is 11.6 Å². The van der Waals surface area contributed by atoms with Crippen LogP contribution in [0.3, 0.4) is 0 Å². The molecule has 2 rings (SSSR count). The summed E-state index contributed by atoms with van der Waals surface area (Å²) in [7, 11) is 0. The molecule has 140 valence electrons. The van der Waals surface area contributed by atoms with E-state index in [1.54, 1.807) is 4.90 Å². The highest BCUT2D eigenvalue weighted by Gasteiger charge is 2.22. The Bertz CT molecular complexity index is 534. The van der Waals surface area contributed by atoms with Crippen molar-refractivity contribution in [3.05, 3.63) is 34.9 Å². The zero-order valence-corrected chi connectivity index (χ0v) is 16.5. The Balaban J connectivity index is 1.88. The SMILES string of the molecule is CC(C)(C)OC(=O)N(CCCCN1CCCC1)Cc1ccc(Cl)cc1. The molecule has 0 aromatic heterocycles. The molecule has 0 unspecified atom stereocenters. The second-order valence-electron chi connectivity index (χ2n) is 7.78. The molecule has 0 bridgehead atoms. The smallest absolute Gasteiger partial charge is 0.410 e. The van der Waals surface area contributed by atoms with Gasteiger partial charge in [-0.15, -0.1) is 0 Å². The van der Waals surface area contributed by atoms with Crippen LogP contribution in [0.25, 0.3) is 0 Å². The molecule has 0 spiro atoms. The molecule has 0 radical (unpaired) electrons. The fraction of sp³-hybridized carbons (Fsp3) is 0.650. The Morgan fingerprint density at radius 3 is 2.40 bits per heavy atom. The molecule has 1 amide bonds. The number of hydrogen-bond acceptors (Lipinski definition) is 3. The number of amides is 1. The van der Waals surface area contributed by atoms with E-state index in [0.29, 0.717) is 18.1 Å². The predicted molar refractivity (Wildman–Crippen MR) is 103 cm³/mol. The first-order valence-electron chi connectivity index (χ1n) is 9.28. The first-order chi connectivity index (χ1) is 11.8. The summed E-state index contributed by atoms with van der Waals surface area (Å²) in [5.74, 6) is 0. The average Bonchev–Trinajstić information content (AvgIpc) is 3.04. The van der Waals surface area contributed by atoms with Crippen LogP contribution in [0, 0.1) is 0 Å². The van der Waals surface area contributed by atoms with E-state index in [1.807, 2.05) is 45.0 Å². The van der Waals surface area contributed by atoms with Gasteiger partial charge in [-0.05, 0) is 83.8 Å². The van der Waals surface area contributed by atoms with Gasteiger partial charge in [0.15, 0.2) is 0 Å². The molecule has 1 heterocycles. The number of halogens is 1. The van der Waals surface area contributed by atoms with E-state index in [9.17, 15) is 4.79 Å². The third kappa shape index (κ3) is 7.66. The van der Waals surface area contributed by atoms with Crippen LogP contribution < -0.4 is 0 Å². The second-order valence-corrected chi connectivity index (χ2v) is 8.22. The van der Waals surface area contributed by atoms with E-state index in [2.05, 4.69) is 4.90 Å². The molecule has 0 N–H and O–H groups in total. The summed E-state index contributed by atoms with van der Waals surface area (Å²) in [5.41, 5.74) is 0.583. The highest BCUT2D eigenvalue weighted by atomic mass is 35.5. The van der Waals surface area contributed by atoms with Gasteiger partial charge in [0.05, 0.1) is 0 Å². The molecule has 1 aromatic carbocycles. The molecular formula is C20H31ClN2O2. The Kier molecular flexibility index (Phi) is 7.57. The average molecular weight is 367 g/mol. The predicted octanol–water partition coefficient (Wildman–Crippen LogP) is 4.95. The maximum Gasteiger partial charge on any atom is 0.410 e. The van der Waals surface area contributed by atoms with Crippen molar-refractivity contribution in [1.29, 1.82) is 0 Å². The van der Waals surface area contributed by atoms with Crippen molar-refractivity contribution in [2.75, 3.05) is 26.2 Å². The van der Waals surface area contributed by atoms with Gasteiger partial charge in [-0.1, -0.05) is 23.7 Å². The van der Waals surface area contributed by atoms with Gasteiger partial charge in [0.25, 0.3) is 0 Å². The largest absolute Gasteiger partial charge is 0.444 e. The van der Waals surface area contributed by atoms with Crippen LogP contribution in [-0.4, -0.2) is 47.7 Å². The van der Waals surface area contributed by atoms with Gasteiger partial charge in [-0.2, -0.15) is 0 Å². The summed E-state index contributed by atoms with van der Waals surface area (Å²) < 4.78 is 5.58. The Morgan fingerprint density at radius 2 is 1.80 bits per heavy atom. The zero-order chi connectivity index (χ0) is 18.3. The van der Waals surface area contributed by atoms with Crippen LogP contribution in [0.2, 0.25) is 5.02 Å². The number of hydrogen-bond donors (Lipinski definition) is 0. The lowest BCUT2D eigenvalue weighted by Gasteiger charge is -2.28. The molecule has 1 aromatic rings. The van der Waals surface area contributed by atoms with Gasteiger partial charge in [0.1, 0.15) is 5.60 Å². The highest BCUT2D eigenvalue weighted by Crippen LogP contribution is 2.16. The van der Waals surface area contributed by atoms with Gasteiger partial charge in [-0.25, -0.2) is 4.79 Å². The summed E-state index contributed by atoms with van der Waals surface area (Å²) >= 11 is 5.95. The van der Waals surface area contributed by atoms with Gasteiger partial charge in [-0.3, -0.25) is 0 Å². The number of unbranched alkanes of at least 4 members (excludes halogenated alkanes) is 1. The summed E-state index contributed by atoms with van der Waals surface area (Å²) in [4.78, 5) is 16.9. The van der Waals surface area contributed by atoms with E-state index in [-0.39, 0.29) is 6.09 Å². The minimum Gasteiger partial charge on any atom is -0.444 e. The monoisotopic (exact) mass is 366 g/mol. The normalized spacial score (nSPS) is 15.4. The van der Waals surface area contributed by atoms with E-state index in [1.165, 1.54) is 25.9 Å².